The highest BCUT2D eigenvalue weighted by Gasteiger charge is 2.10. The summed E-state index contributed by atoms with van der Waals surface area (Å²) in [5.41, 5.74) is 3.39. The van der Waals surface area contributed by atoms with Gasteiger partial charge in [-0.2, -0.15) is 8.75 Å². The van der Waals surface area contributed by atoms with Gasteiger partial charge in [0, 0.05) is 37.4 Å². The number of hydrogen-bond acceptors (Lipinski definition) is 5. The predicted octanol–water partition coefficient (Wildman–Crippen LogP) is 1.61. The predicted molar refractivity (Wildman–Crippen MR) is 70.4 cm³/mol. The van der Waals surface area contributed by atoms with Crippen molar-refractivity contribution in [3.63, 3.8) is 0 Å². The quantitative estimate of drug-likeness (QED) is 0.874. The molecule has 1 aromatic carbocycles. The topological polar surface area (TPSA) is 41.0 Å². The van der Waals surface area contributed by atoms with Crippen LogP contribution in [0, 0.1) is 0 Å². The van der Waals surface area contributed by atoms with Crippen LogP contribution >= 0.6 is 11.7 Å². The van der Waals surface area contributed by atoms with Gasteiger partial charge in [-0.05, 0) is 12.1 Å². The summed E-state index contributed by atoms with van der Waals surface area (Å²) in [6.07, 6.45) is 1.81. The molecule has 5 heteroatoms. The number of rotatable bonds is 2. The second-order valence-electron chi connectivity index (χ2n) is 4.08. The average molecular weight is 246 g/mol. The Hall–Kier alpha value is -1.46. The van der Waals surface area contributed by atoms with Crippen LogP contribution in [-0.2, 0) is 0 Å². The minimum atomic E-state index is 0.960. The number of piperazine rings is 1. The molecule has 1 aliphatic heterocycles. The molecular weight excluding hydrogens is 232 g/mol. The van der Waals surface area contributed by atoms with E-state index >= 15 is 0 Å². The van der Waals surface area contributed by atoms with Crippen LogP contribution < -0.4 is 10.2 Å². The Kier molecular flexibility index (Phi) is 3.02. The highest BCUT2D eigenvalue weighted by atomic mass is 32.1. The molecule has 3 rings (SSSR count). The fourth-order valence-corrected chi connectivity index (χ4v) is 2.49. The summed E-state index contributed by atoms with van der Waals surface area (Å²) in [6.45, 7) is 4.30. The number of hydrogen-bond donors (Lipinski definition) is 1. The first-order chi connectivity index (χ1) is 8.43. The van der Waals surface area contributed by atoms with Crippen LogP contribution in [-0.4, -0.2) is 34.9 Å². The molecule has 0 aliphatic carbocycles. The molecule has 0 spiro atoms. The standard InChI is InChI=1S/C12H14N4S/c1-3-11(16-7-5-13-6-8-16)4-2-10(1)12-9-14-17-15-12/h1-4,9,13H,5-8H2. The van der Waals surface area contributed by atoms with E-state index in [2.05, 4.69) is 43.2 Å². The Morgan fingerprint density at radius 2 is 1.88 bits per heavy atom. The van der Waals surface area contributed by atoms with E-state index < -0.39 is 0 Å². The maximum absolute atomic E-state index is 4.24. The lowest BCUT2D eigenvalue weighted by atomic mass is 10.1. The van der Waals surface area contributed by atoms with Crippen molar-refractivity contribution in [2.75, 3.05) is 31.1 Å². The molecule has 0 radical (unpaired) electrons. The van der Waals surface area contributed by atoms with E-state index in [9.17, 15) is 0 Å². The number of nitrogens with one attached hydrogen (secondary N) is 1. The fraction of sp³-hybridized carbons (Fsp3) is 0.333. The van der Waals surface area contributed by atoms with Gasteiger partial charge in [0.1, 0.15) is 5.69 Å². The van der Waals surface area contributed by atoms with Crippen molar-refractivity contribution >= 4 is 17.4 Å². The van der Waals surface area contributed by atoms with Gasteiger partial charge in [0.15, 0.2) is 0 Å². The van der Waals surface area contributed by atoms with E-state index in [1.54, 1.807) is 0 Å². The summed E-state index contributed by atoms with van der Waals surface area (Å²) in [5.74, 6) is 0. The van der Waals surface area contributed by atoms with Crippen LogP contribution in [0.4, 0.5) is 5.69 Å². The lowest BCUT2D eigenvalue weighted by Crippen LogP contribution is -2.43. The molecule has 17 heavy (non-hydrogen) atoms. The number of anilines is 1. The van der Waals surface area contributed by atoms with E-state index in [1.165, 1.54) is 17.4 Å². The second-order valence-corrected chi connectivity index (χ2v) is 4.63. The molecule has 1 aromatic heterocycles. The SMILES string of the molecule is c1cc(N2CCNCC2)ccc1-c1cnsn1. The molecule has 88 valence electrons. The third-order valence-electron chi connectivity index (χ3n) is 3.01. The Morgan fingerprint density at radius 3 is 2.53 bits per heavy atom. The zero-order valence-corrected chi connectivity index (χ0v) is 10.3. The number of aromatic nitrogens is 2. The third-order valence-corrected chi connectivity index (χ3v) is 3.48. The van der Waals surface area contributed by atoms with Gasteiger partial charge < -0.3 is 10.2 Å². The number of benzene rings is 1. The van der Waals surface area contributed by atoms with Crippen molar-refractivity contribution in [2.45, 2.75) is 0 Å². The molecule has 4 nitrogen and oxygen atoms in total. The van der Waals surface area contributed by atoms with Crippen LogP contribution in [0.5, 0.6) is 0 Å². The van der Waals surface area contributed by atoms with Gasteiger partial charge in [-0.25, -0.2) is 0 Å². The van der Waals surface area contributed by atoms with Crippen molar-refractivity contribution in [1.82, 2.24) is 14.1 Å². The zero-order valence-electron chi connectivity index (χ0n) is 9.47. The van der Waals surface area contributed by atoms with E-state index in [0.717, 1.165) is 37.4 Å². The summed E-state index contributed by atoms with van der Waals surface area (Å²) < 4.78 is 8.26. The van der Waals surface area contributed by atoms with Gasteiger partial charge in [-0.1, -0.05) is 12.1 Å². The van der Waals surface area contributed by atoms with Gasteiger partial charge in [0.05, 0.1) is 17.9 Å². The van der Waals surface area contributed by atoms with Crippen molar-refractivity contribution in [3.05, 3.63) is 30.5 Å². The Bertz CT molecular complexity index is 460. The maximum atomic E-state index is 4.24. The number of nitrogens with zero attached hydrogens (tertiary/aromatic N) is 3. The van der Waals surface area contributed by atoms with Crippen molar-refractivity contribution < 1.29 is 0 Å². The van der Waals surface area contributed by atoms with Gasteiger partial charge in [-0.3, -0.25) is 0 Å². The van der Waals surface area contributed by atoms with Crippen molar-refractivity contribution in [1.29, 1.82) is 0 Å². The highest BCUT2D eigenvalue weighted by molar-refractivity contribution is 6.99. The summed E-state index contributed by atoms with van der Waals surface area (Å²) in [7, 11) is 0. The molecule has 0 unspecified atom stereocenters. The molecule has 0 amide bonds. The van der Waals surface area contributed by atoms with Crippen LogP contribution in [0.3, 0.4) is 0 Å². The van der Waals surface area contributed by atoms with Gasteiger partial charge in [-0.15, -0.1) is 0 Å². The molecule has 1 aliphatic rings. The normalized spacial score (nSPS) is 16.1. The van der Waals surface area contributed by atoms with Crippen molar-refractivity contribution in [3.8, 4) is 11.3 Å². The van der Waals surface area contributed by atoms with Crippen LogP contribution in [0.1, 0.15) is 0 Å². The van der Waals surface area contributed by atoms with Crippen LogP contribution in [0.25, 0.3) is 11.3 Å². The first kappa shape index (κ1) is 10.7. The zero-order chi connectivity index (χ0) is 11.5. The smallest absolute Gasteiger partial charge is 0.104 e. The first-order valence-corrected chi connectivity index (χ1v) is 6.50. The molecule has 0 bridgehead atoms. The van der Waals surface area contributed by atoms with E-state index in [4.69, 9.17) is 0 Å². The summed E-state index contributed by atoms with van der Waals surface area (Å²) >= 11 is 1.25. The lowest BCUT2D eigenvalue weighted by Gasteiger charge is -2.29. The Morgan fingerprint density at radius 1 is 1.12 bits per heavy atom. The van der Waals surface area contributed by atoms with Gasteiger partial charge in [0.2, 0.25) is 0 Å². The summed E-state index contributed by atoms with van der Waals surface area (Å²) in [6, 6.07) is 8.57. The maximum Gasteiger partial charge on any atom is 0.104 e. The highest BCUT2D eigenvalue weighted by Crippen LogP contribution is 2.22. The van der Waals surface area contributed by atoms with E-state index in [0.29, 0.717) is 0 Å². The molecular formula is C12H14N4S. The molecule has 0 atom stereocenters. The second kappa shape index (κ2) is 4.81. The van der Waals surface area contributed by atoms with Crippen LogP contribution in [0.15, 0.2) is 30.5 Å². The molecule has 2 heterocycles. The molecule has 0 saturated carbocycles. The Balaban J connectivity index is 1.80. The summed E-state index contributed by atoms with van der Waals surface area (Å²) in [5, 5.41) is 3.36. The van der Waals surface area contributed by atoms with Gasteiger partial charge >= 0.3 is 0 Å². The van der Waals surface area contributed by atoms with E-state index in [-0.39, 0.29) is 0 Å². The van der Waals surface area contributed by atoms with Crippen LogP contribution in [0.2, 0.25) is 0 Å². The minimum Gasteiger partial charge on any atom is -0.369 e. The fourth-order valence-electron chi connectivity index (χ4n) is 2.06. The molecule has 1 fully saturated rings. The molecule has 2 aromatic rings. The molecule has 1 N–H and O–H groups in total. The third kappa shape index (κ3) is 2.30. The first-order valence-electron chi connectivity index (χ1n) is 5.77. The van der Waals surface area contributed by atoms with Crippen molar-refractivity contribution in [2.24, 2.45) is 0 Å². The monoisotopic (exact) mass is 246 g/mol. The molecule has 1 saturated heterocycles. The van der Waals surface area contributed by atoms with E-state index in [1.807, 2.05) is 6.20 Å². The largest absolute Gasteiger partial charge is 0.369 e. The minimum absolute atomic E-state index is 0.960. The average Bonchev–Trinajstić information content (AvgIpc) is 2.94. The summed E-state index contributed by atoms with van der Waals surface area (Å²) in [4.78, 5) is 2.40. The lowest BCUT2D eigenvalue weighted by molar-refractivity contribution is 0.589. The van der Waals surface area contributed by atoms with Gasteiger partial charge in [0.25, 0.3) is 0 Å². The Labute approximate surface area is 105 Å².